The van der Waals surface area contributed by atoms with E-state index in [0.717, 1.165) is 6.07 Å². The minimum atomic E-state index is -4.73. The number of primary sulfonamides is 1. The summed E-state index contributed by atoms with van der Waals surface area (Å²) in [5, 5.41) is 4.70. The quantitative estimate of drug-likeness (QED) is 0.810. The molecule has 3 nitrogen and oxygen atoms in total. The largest absolute Gasteiger partial charge is 0.417 e. The van der Waals surface area contributed by atoms with E-state index in [-0.39, 0.29) is 5.56 Å². The molecule has 0 aliphatic heterocycles. The van der Waals surface area contributed by atoms with Gasteiger partial charge >= 0.3 is 6.18 Å². The van der Waals surface area contributed by atoms with Crippen molar-refractivity contribution in [2.75, 3.05) is 0 Å². The van der Waals surface area contributed by atoms with Crippen LogP contribution in [0.25, 0.3) is 0 Å². The minimum absolute atomic E-state index is 0.172. The molecule has 15 heavy (non-hydrogen) atoms. The van der Waals surface area contributed by atoms with Crippen molar-refractivity contribution in [3.05, 3.63) is 29.3 Å². The van der Waals surface area contributed by atoms with Crippen molar-refractivity contribution in [1.29, 1.82) is 0 Å². The number of halogens is 3. The Kier molecular flexibility index (Phi) is 2.79. The minimum Gasteiger partial charge on any atom is -0.225 e. The number of hydrogen-bond acceptors (Lipinski definition) is 2. The Morgan fingerprint density at radius 1 is 1.27 bits per heavy atom. The fourth-order valence-corrected chi connectivity index (χ4v) is 2.07. The Morgan fingerprint density at radius 2 is 1.80 bits per heavy atom. The highest BCUT2D eigenvalue weighted by Crippen LogP contribution is 2.35. The monoisotopic (exact) mass is 239 g/mol. The van der Waals surface area contributed by atoms with Gasteiger partial charge in [0.05, 0.1) is 10.5 Å². The second-order valence-corrected chi connectivity index (χ2v) is 4.52. The first kappa shape index (κ1) is 12.0. The van der Waals surface area contributed by atoms with Crippen LogP contribution in [0.2, 0.25) is 0 Å². The molecular weight excluding hydrogens is 231 g/mol. The topological polar surface area (TPSA) is 60.2 Å². The molecule has 1 aromatic carbocycles. The zero-order chi connectivity index (χ0) is 11.9. The molecular formula is C8H8F3NO2S. The van der Waals surface area contributed by atoms with Crippen molar-refractivity contribution in [1.82, 2.24) is 0 Å². The number of rotatable bonds is 1. The van der Waals surface area contributed by atoms with Gasteiger partial charge in [-0.15, -0.1) is 0 Å². The van der Waals surface area contributed by atoms with Crippen LogP contribution in [-0.2, 0) is 16.2 Å². The summed E-state index contributed by atoms with van der Waals surface area (Å²) in [6.07, 6.45) is -4.73. The first-order chi connectivity index (χ1) is 6.64. The molecule has 0 aromatic heterocycles. The van der Waals surface area contributed by atoms with Crippen molar-refractivity contribution in [2.24, 2.45) is 5.14 Å². The lowest BCUT2D eigenvalue weighted by Crippen LogP contribution is -2.20. The fraction of sp³-hybridized carbons (Fsp3) is 0.250. The first-order valence-corrected chi connectivity index (χ1v) is 5.38. The number of benzene rings is 1. The first-order valence-electron chi connectivity index (χ1n) is 3.83. The Morgan fingerprint density at radius 3 is 2.13 bits per heavy atom. The maximum absolute atomic E-state index is 12.5. The van der Waals surface area contributed by atoms with E-state index in [4.69, 9.17) is 5.14 Å². The maximum atomic E-state index is 12.5. The van der Waals surface area contributed by atoms with Crippen LogP contribution in [0.5, 0.6) is 0 Å². The van der Waals surface area contributed by atoms with Crippen LogP contribution in [0.15, 0.2) is 23.1 Å². The summed E-state index contributed by atoms with van der Waals surface area (Å²) in [5.41, 5.74) is -1.37. The van der Waals surface area contributed by atoms with E-state index in [2.05, 4.69) is 0 Å². The smallest absolute Gasteiger partial charge is 0.225 e. The lowest BCUT2D eigenvalue weighted by Gasteiger charge is -2.13. The molecule has 0 atom stereocenters. The number of nitrogens with two attached hydrogens (primary N) is 1. The van der Waals surface area contributed by atoms with E-state index in [1.807, 2.05) is 0 Å². The van der Waals surface area contributed by atoms with E-state index in [9.17, 15) is 21.6 Å². The SMILES string of the molecule is Cc1cccc(S(N)(=O)=O)c1C(F)(F)F. The predicted octanol–water partition coefficient (Wildman–Crippen LogP) is 1.66. The molecule has 0 radical (unpaired) electrons. The summed E-state index contributed by atoms with van der Waals surface area (Å²) in [6.45, 7) is 1.18. The van der Waals surface area contributed by atoms with Crippen LogP contribution >= 0.6 is 0 Å². The molecule has 0 heterocycles. The van der Waals surface area contributed by atoms with Gasteiger partial charge in [0, 0.05) is 0 Å². The molecule has 1 aromatic rings. The van der Waals surface area contributed by atoms with E-state index >= 15 is 0 Å². The molecule has 84 valence electrons. The average molecular weight is 239 g/mol. The summed E-state index contributed by atoms with van der Waals surface area (Å²) in [6, 6.07) is 3.23. The number of hydrogen-bond donors (Lipinski definition) is 1. The molecule has 0 bridgehead atoms. The van der Waals surface area contributed by atoms with E-state index in [0.29, 0.717) is 0 Å². The summed E-state index contributed by atoms with van der Waals surface area (Å²) in [4.78, 5) is -0.894. The molecule has 0 aliphatic carbocycles. The van der Waals surface area contributed by atoms with Gasteiger partial charge in [-0.25, -0.2) is 13.6 Å². The average Bonchev–Trinajstić information content (AvgIpc) is 1.99. The predicted molar refractivity (Wildman–Crippen MR) is 47.6 cm³/mol. The highest BCUT2D eigenvalue weighted by molar-refractivity contribution is 7.89. The zero-order valence-electron chi connectivity index (χ0n) is 7.67. The Balaban J connectivity index is 3.63. The molecule has 0 saturated heterocycles. The lowest BCUT2D eigenvalue weighted by atomic mass is 10.1. The summed E-state index contributed by atoms with van der Waals surface area (Å²) in [7, 11) is -4.36. The standard InChI is InChI=1S/C8H8F3NO2S/c1-5-3-2-4-6(15(12,13)14)7(5)8(9,10)11/h2-4H,1H3,(H2,12,13,14). The molecule has 7 heteroatoms. The molecule has 1 rings (SSSR count). The van der Waals surface area contributed by atoms with E-state index in [1.165, 1.54) is 19.1 Å². The van der Waals surface area contributed by atoms with Gasteiger partial charge in [-0.05, 0) is 18.6 Å². The maximum Gasteiger partial charge on any atom is 0.417 e. The normalized spacial score (nSPS) is 12.9. The Bertz CT molecular complexity index is 479. The number of aryl methyl sites for hydroxylation is 1. The van der Waals surface area contributed by atoms with Gasteiger partial charge in [0.25, 0.3) is 0 Å². The van der Waals surface area contributed by atoms with Crippen LogP contribution in [0.1, 0.15) is 11.1 Å². The van der Waals surface area contributed by atoms with Gasteiger partial charge < -0.3 is 0 Å². The molecule has 0 aliphatic rings. The lowest BCUT2D eigenvalue weighted by molar-refractivity contribution is -0.140. The molecule has 0 fully saturated rings. The summed E-state index contributed by atoms with van der Waals surface area (Å²) < 4.78 is 59.4. The van der Waals surface area contributed by atoms with E-state index in [1.54, 1.807) is 0 Å². The van der Waals surface area contributed by atoms with E-state index < -0.39 is 26.7 Å². The van der Waals surface area contributed by atoms with Gasteiger partial charge in [-0.3, -0.25) is 0 Å². The van der Waals surface area contributed by atoms with Crippen LogP contribution in [0.4, 0.5) is 13.2 Å². The summed E-state index contributed by atoms with van der Waals surface area (Å²) >= 11 is 0. The van der Waals surface area contributed by atoms with Crippen LogP contribution in [-0.4, -0.2) is 8.42 Å². The van der Waals surface area contributed by atoms with Crippen molar-refractivity contribution < 1.29 is 21.6 Å². The second-order valence-electron chi connectivity index (χ2n) is 2.99. The molecule has 0 unspecified atom stereocenters. The third-order valence-corrected chi connectivity index (χ3v) is 2.78. The van der Waals surface area contributed by atoms with Crippen molar-refractivity contribution in [2.45, 2.75) is 18.0 Å². The van der Waals surface area contributed by atoms with Crippen LogP contribution in [0, 0.1) is 6.92 Å². The zero-order valence-corrected chi connectivity index (χ0v) is 8.48. The van der Waals surface area contributed by atoms with Crippen molar-refractivity contribution in [3.63, 3.8) is 0 Å². The number of alkyl halides is 3. The summed E-state index contributed by atoms with van der Waals surface area (Å²) in [5.74, 6) is 0. The molecule has 0 spiro atoms. The molecule has 0 amide bonds. The van der Waals surface area contributed by atoms with Gasteiger partial charge in [0.15, 0.2) is 0 Å². The third kappa shape index (κ3) is 2.48. The second kappa shape index (κ2) is 3.49. The number of sulfonamides is 1. The molecule has 0 saturated carbocycles. The van der Waals surface area contributed by atoms with Gasteiger partial charge in [-0.1, -0.05) is 12.1 Å². The van der Waals surface area contributed by atoms with Gasteiger partial charge in [-0.2, -0.15) is 13.2 Å². The van der Waals surface area contributed by atoms with Crippen LogP contribution < -0.4 is 5.14 Å². The highest BCUT2D eigenvalue weighted by Gasteiger charge is 2.37. The Labute approximate surface area is 84.8 Å². The van der Waals surface area contributed by atoms with Gasteiger partial charge in [0.1, 0.15) is 0 Å². The van der Waals surface area contributed by atoms with Gasteiger partial charge in [0.2, 0.25) is 10.0 Å². The van der Waals surface area contributed by atoms with Crippen LogP contribution in [0.3, 0.4) is 0 Å². The highest BCUT2D eigenvalue weighted by atomic mass is 32.2. The fourth-order valence-electron chi connectivity index (χ4n) is 1.24. The third-order valence-electron chi connectivity index (χ3n) is 1.82. The molecule has 2 N–H and O–H groups in total. The Hall–Kier alpha value is -1.08. The van der Waals surface area contributed by atoms with Crippen molar-refractivity contribution in [3.8, 4) is 0 Å². The van der Waals surface area contributed by atoms with Crippen molar-refractivity contribution >= 4 is 10.0 Å².